The largest absolute Gasteiger partial charge is 0.478 e. The van der Waals surface area contributed by atoms with Crippen molar-refractivity contribution in [2.24, 2.45) is 0 Å². The summed E-state index contributed by atoms with van der Waals surface area (Å²) in [4.78, 5) is 21.2. The van der Waals surface area contributed by atoms with Crippen LogP contribution in [0.2, 0.25) is 0 Å². The fourth-order valence-electron chi connectivity index (χ4n) is 1.44. The van der Waals surface area contributed by atoms with Gasteiger partial charge in [-0.25, -0.2) is 17.6 Å². The summed E-state index contributed by atoms with van der Waals surface area (Å²) in [6, 6.07) is 0.570. The van der Waals surface area contributed by atoms with Crippen LogP contribution in [0.3, 0.4) is 0 Å². The van der Waals surface area contributed by atoms with E-state index < -0.39 is 44.3 Å². The van der Waals surface area contributed by atoms with Crippen LogP contribution < -0.4 is 4.72 Å². The lowest BCUT2D eigenvalue weighted by Crippen LogP contribution is -2.39. The molecular weight excluding hydrogens is 373 g/mol. The number of nitrogens with one attached hydrogen (secondary N) is 1. The lowest BCUT2D eigenvalue weighted by Gasteiger charge is -2.13. The van der Waals surface area contributed by atoms with Crippen LogP contribution in [0.15, 0.2) is 21.5 Å². The number of methoxy groups -OCH3 is 1. The zero-order valence-electron chi connectivity index (χ0n) is 10.9. The van der Waals surface area contributed by atoms with Gasteiger partial charge in [-0.15, -0.1) is 0 Å². The predicted octanol–water partition coefficient (Wildman–Crippen LogP) is 1.13. The molecule has 2 N–H and O–H groups in total. The van der Waals surface area contributed by atoms with Crippen LogP contribution in [-0.4, -0.2) is 38.6 Å². The Kier molecular flexibility index (Phi) is 5.42. The standard InChI is InChI=1S/C11H11BrFNO6S/c1-5(11(17)20-2)14-21(18,19)8-4-6(12)3-7(9(8)13)10(15)16/h3-5,14H,1-2H3,(H,15,16)/t5-/m0/s1. The van der Waals surface area contributed by atoms with Crippen molar-refractivity contribution in [2.45, 2.75) is 17.9 Å². The number of carboxylic acids is 1. The van der Waals surface area contributed by atoms with E-state index in [9.17, 15) is 22.4 Å². The van der Waals surface area contributed by atoms with E-state index in [1.54, 1.807) is 0 Å². The molecule has 0 bridgehead atoms. The SMILES string of the molecule is COC(=O)[C@H](C)NS(=O)(=O)c1cc(Br)cc(C(=O)O)c1F. The van der Waals surface area contributed by atoms with Crippen molar-refractivity contribution in [3.8, 4) is 0 Å². The van der Waals surface area contributed by atoms with Gasteiger partial charge in [0.15, 0.2) is 5.82 Å². The third-order valence-corrected chi connectivity index (χ3v) is 4.41. The zero-order valence-corrected chi connectivity index (χ0v) is 13.3. The van der Waals surface area contributed by atoms with E-state index in [-0.39, 0.29) is 4.47 Å². The van der Waals surface area contributed by atoms with Gasteiger partial charge in [-0.3, -0.25) is 4.79 Å². The molecule has 1 aromatic carbocycles. The predicted molar refractivity (Wildman–Crippen MR) is 72.9 cm³/mol. The fourth-order valence-corrected chi connectivity index (χ4v) is 3.36. The Morgan fingerprint density at radius 3 is 2.48 bits per heavy atom. The number of hydrogen-bond acceptors (Lipinski definition) is 5. The normalized spacial score (nSPS) is 12.8. The summed E-state index contributed by atoms with van der Waals surface area (Å²) < 4.78 is 44.4. The number of sulfonamides is 1. The van der Waals surface area contributed by atoms with Crippen molar-refractivity contribution >= 4 is 37.9 Å². The third-order valence-electron chi connectivity index (χ3n) is 2.41. The summed E-state index contributed by atoms with van der Waals surface area (Å²) in [5.74, 6) is -3.91. The molecule has 0 saturated heterocycles. The first kappa shape index (κ1) is 17.5. The van der Waals surface area contributed by atoms with E-state index in [2.05, 4.69) is 20.7 Å². The van der Waals surface area contributed by atoms with E-state index in [4.69, 9.17) is 5.11 Å². The van der Waals surface area contributed by atoms with Crippen molar-refractivity contribution in [2.75, 3.05) is 7.11 Å². The topological polar surface area (TPSA) is 110 Å². The molecule has 1 rings (SSSR count). The summed E-state index contributed by atoms with van der Waals surface area (Å²) in [6.45, 7) is 1.21. The molecule has 1 atom stereocenters. The first-order valence-electron chi connectivity index (χ1n) is 5.42. The van der Waals surface area contributed by atoms with Crippen molar-refractivity contribution < 1.29 is 32.2 Å². The van der Waals surface area contributed by atoms with Gasteiger partial charge in [0.25, 0.3) is 0 Å². The van der Waals surface area contributed by atoms with Gasteiger partial charge in [0.05, 0.1) is 12.7 Å². The van der Waals surface area contributed by atoms with E-state index in [1.165, 1.54) is 6.92 Å². The number of ether oxygens (including phenoxy) is 1. The number of halogens is 2. The number of carbonyl (C=O) groups excluding carboxylic acids is 1. The molecule has 0 aliphatic rings. The molecule has 0 spiro atoms. The number of hydrogen-bond donors (Lipinski definition) is 2. The monoisotopic (exact) mass is 383 g/mol. The summed E-state index contributed by atoms with van der Waals surface area (Å²) in [5, 5.41) is 8.84. The molecule has 0 aromatic heterocycles. The van der Waals surface area contributed by atoms with Gasteiger partial charge < -0.3 is 9.84 Å². The van der Waals surface area contributed by atoms with Gasteiger partial charge in [-0.1, -0.05) is 15.9 Å². The molecule has 0 heterocycles. The Hall–Kier alpha value is -1.52. The minimum atomic E-state index is -4.44. The van der Waals surface area contributed by atoms with Crippen LogP contribution in [0.1, 0.15) is 17.3 Å². The fraction of sp³-hybridized carbons (Fsp3) is 0.273. The minimum absolute atomic E-state index is 0.0624. The molecule has 21 heavy (non-hydrogen) atoms. The molecule has 0 radical (unpaired) electrons. The molecule has 0 amide bonds. The van der Waals surface area contributed by atoms with E-state index in [0.717, 1.165) is 19.2 Å². The van der Waals surface area contributed by atoms with Crippen LogP contribution in [-0.2, 0) is 19.6 Å². The van der Waals surface area contributed by atoms with Crippen LogP contribution in [0.4, 0.5) is 4.39 Å². The van der Waals surface area contributed by atoms with Crippen LogP contribution in [0, 0.1) is 5.82 Å². The minimum Gasteiger partial charge on any atom is -0.478 e. The van der Waals surface area contributed by atoms with Gasteiger partial charge in [0.1, 0.15) is 10.9 Å². The number of carbonyl (C=O) groups is 2. The second-order valence-electron chi connectivity index (χ2n) is 3.94. The molecule has 7 nitrogen and oxygen atoms in total. The third kappa shape index (κ3) is 3.99. The first-order valence-corrected chi connectivity index (χ1v) is 7.70. The average Bonchev–Trinajstić information content (AvgIpc) is 2.38. The second kappa shape index (κ2) is 6.50. The highest BCUT2D eigenvalue weighted by molar-refractivity contribution is 9.10. The van der Waals surface area contributed by atoms with Gasteiger partial charge >= 0.3 is 11.9 Å². The summed E-state index contributed by atoms with van der Waals surface area (Å²) >= 11 is 2.90. The maximum Gasteiger partial charge on any atom is 0.338 e. The highest BCUT2D eigenvalue weighted by Crippen LogP contribution is 2.24. The van der Waals surface area contributed by atoms with Crippen molar-refractivity contribution in [3.63, 3.8) is 0 Å². The van der Waals surface area contributed by atoms with Gasteiger partial charge in [0.2, 0.25) is 10.0 Å². The molecule has 10 heteroatoms. The smallest absolute Gasteiger partial charge is 0.338 e. The molecule has 0 aliphatic carbocycles. The van der Waals surface area contributed by atoms with E-state index in [0.29, 0.717) is 0 Å². The Balaban J connectivity index is 3.32. The number of carboxylic acid groups (broad SMARTS) is 1. The molecule has 0 unspecified atom stereocenters. The Bertz CT molecular complexity index is 690. The summed E-state index contributed by atoms with van der Waals surface area (Å²) in [5.41, 5.74) is -0.810. The lowest BCUT2D eigenvalue weighted by molar-refractivity contribution is -0.142. The van der Waals surface area contributed by atoms with E-state index in [1.807, 2.05) is 4.72 Å². The molecule has 0 aliphatic heterocycles. The Labute approximate surface area is 128 Å². The molecule has 116 valence electrons. The molecule has 0 fully saturated rings. The average molecular weight is 384 g/mol. The summed E-state index contributed by atoms with van der Waals surface area (Å²) in [7, 11) is -3.38. The van der Waals surface area contributed by atoms with Crippen molar-refractivity contribution in [3.05, 3.63) is 28.0 Å². The number of benzene rings is 1. The van der Waals surface area contributed by atoms with Crippen LogP contribution in [0.5, 0.6) is 0 Å². The van der Waals surface area contributed by atoms with Crippen molar-refractivity contribution in [1.29, 1.82) is 0 Å². The highest BCUT2D eigenvalue weighted by Gasteiger charge is 2.28. The second-order valence-corrected chi connectivity index (χ2v) is 6.53. The Morgan fingerprint density at radius 1 is 1.43 bits per heavy atom. The maximum atomic E-state index is 14.0. The van der Waals surface area contributed by atoms with E-state index >= 15 is 0 Å². The number of aromatic carboxylic acids is 1. The molecular formula is C11H11BrFNO6S. The zero-order chi connectivity index (χ0) is 16.4. The van der Waals surface area contributed by atoms with Crippen LogP contribution >= 0.6 is 15.9 Å². The lowest BCUT2D eigenvalue weighted by atomic mass is 10.2. The number of esters is 1. The Morgan fingerprint density at radius 2 is 2.00 bits per heavy atom. The van der Waals surface area contributed by atoms with Gasteiger partial charge in [0, 0.05) is 4.47 Å². The number of rotatable bonds is 5. The quantitative estimate of drug-likeness (QED) is 0.737. The molecule has 0 saturated carbocycles. The van der Waals surface area contributed by atoms with Crippen molar-refractivity contribution in [1.82, 2.24) is 4.72 Å². The summed E-state index contributed by atoms with van der Waals surface area (Å²) in [6.07, 6.45) is 0. The van der Waals surface area contributed by atoms with Gasteiger partial charge in [-0.2, -0.15) is 4.72 Å². The highest BCUT2D eigenvalue weighted by atomic mass is 79.9. The van der Waals surface area contributed by atoms with Crippen LogP contribution in [0.25, 0.3) is 0 Å². The maximum absolute atomic E-state index is 14.0. The van der Waals surface area contributed by atoms with Gasteiger partial charge in [-0.05, 0) is 19.1 Å². The first-order chi connectivity index (χ1) is 9.60. The molecule has 1 aromatic rings.